The van der Waals surface area contributed by atoms with Gasteiger partial charge in [-0.25, -0.2) is 19.7 Å². The molecule has 2 fully saturated rings. The molecule has 2 aromatic heterocycles. The van der Waals surface area contributed by atoms with Crippen molar-refractivity contribution in [1.29, 1.82) is 0 Å². The second-order valence-corrected chi connectivity index (χ2v) is 10.5. The number of nitrogen functional groups attached to an aromatic ring is 1. The fourth-order valence-electron chi connectivity index (χ4n) is 5.38. The van der Waals surface area contributed by atoms with E-state index in [0.29, 0.717) is 60.4 Å². The average molecular weight is 585 g/mol. The Morgan fingerprint density at radius 2 is 1.88 bits per heavy atom. The highest BCUT2D eigenvalue weighted by atomic mass is 16.6. The highest BCUT2D eigenvalue weighted by Crippen LogP contribution is 2.32. The maximum atomic E-state index is 12.5. The Kier molecular flexibility index (Phi) is 9.01. The van der Waals surface area contributed by atoms with Crippen LogP contribution in [0.5, 0.6) is 5.75 Å². The monoisotopic (exact) mass is 584 g/mol. The third-order valence-corrected chi connectivity index (χ3v) is 7.69. The number of aryl methyl sites for hydroxylation is 1. The molecular formula is C27H36N8O7. The summed E-state index contributed by atoms with van der Waals surface area (Å²) in [6.45, 7) is 3.30. The SMILES string of the molecule is CCNC(=O)[C@H]1O[C@@H](n2cnc3c(N)nc(CCCC4CCN(C(=O)Oc5ccc(NO)cc5)CC4)nc32)[C@H](O)[C@@H]1O. The Bertz CT molecular complexity index is 1390. The summed E-state index contributed by atoms with van der Waals surface area (Å²) in [4.78, 5) is 39.8. The molecule has 4 heterocycles. The fraction of sp³-hybridized carbons (Fsp3) is 0.519. The van der Waals surface area contributed by atoms with Crippen molar-refractivity contribution < 1.29 is 34.5 Å². The number of hydrogen-bond acceptors (Lipinski definition) is 12. The number of benzene rings is 1. The van der Waals surface area contributed by atoms with Crippen LogP contribution >= 0.6 is 0 Å². The van der Waals surface area contributed by atoms with Crippen molar-refractivity contribution in [2.45, 2.75) is 63.6 Å². The number of piperidine rings is 1. The molecule has 7 N–H and O–H groups in total. The third-order valence-electron chi connectivity index (χ3n) is 7.69. The Morgan fingerprint density at radius 1 is 1.14 bits per heavy atom. The summed E-state index contributed by atoms with van der Waals surface area (Å²) in [6, 6.07) is 6.43. The minimum Gasteiger partial charge on any atom is -0.410 e. The number of aliphatic hydroxyl groups excluding tert-OH is 2. The largest absolute Gasteiger partial charge is 0.415 e. The number of nitrogens with one attached hydrogen (secondary N) is 2. The van der Waals surface area contributed by atoms with Crippen LogP contribution in [0.2, 0.25) is 0 Å². The van der Waals surface area contributed by atoms with Gasteiger partial charge < -0.3 is 35.6 Å². The zero-order valence-corrected chi connectivity index (χ0v) is 23.2. The topological polar surface area (TPSA) is 210 Å². The van der Waals surface area contributed by atoms with Gasteiger partial charge in [-0.1, -0.05) is 0 Å². The molecule has 0 radical (unpaired) electrons. The molecule has 0 saturated carbocycles. The summed E-state index contributed by atoms with van der Waals surface area (Å²) in [5.41, 5.74) is 9.39. The minimum absolute atomic E-state index is 0.191. The number of likely N-dealkylation sites (N-methyl/N-ethyl adjacent to an activating group) is 1. The number of likely N-dealkylation sites (tertiary alicyclic amines) is 1. The number of amides is 2. The molecule has 42 heavy (non-hydrogen) atoms. The smallest absolute Gasteiger partial charge is 0.410 e. The van der Waals surface area contributed by atoms with Gasteiger partial charge in [-0.05, 0) is 62.8 Å². The van der Waals surface area contributed by atoms with Crippen molar-refractivity contribution in [2.75, 3.05) is 30.8 Å². The maximum absolute atomic E-state index is 12.5. The highest BCUT2D eigenvalue weighted by Gasteiger charge is 2.47. The first-order chi connectivity index (χ1) is 20.3. The molecule has 2 aliphatic heterocycles. The van der Waals surface area contributed by atoms with Crippen LogP contribution in [-0.4, -0.2) is 89.8 Å². The number of carbonyl (C=O) groups is 2. The van der Waals surface area contributed by atoms with Crippen molar-refractivity contribution in [3.63, 3.8) is 0 Å². The molecule has 3 aromatic rings. The minimum atomic E-state index is -1.41. The van der Waals surface area contributed by atoms with E-state index in [1.807, 2.05) is 5.48 Å². The molecule has 15 nitrogen and oxygen atoms in total. The van der Waals surface area contributed by atoms with Gasteiger partial charge in [-0.2, -0.15) is 0 Å². The third kappa shape index (κ3) is 6.23. The predicted octanol–water partition coefficient (Wildman–Crippen LogP) is 1.20. The lowest BCUT2D eigenvalue weighted by atomic mass is 9.91. The summed E-state index contributed by atoms with van der Waals surface area (Å²) < 4.78 is 12.6. The number of nitrogens with zero attached hydrogens (tertiary/aromatic N) is 5. The van der Waals surface area contributed by atoms with E-state index in [0.717, 1.165) is 25.7 Å². The van der Waals surface area contributed by atoms with E-state index in [4.69, 9.17) is 20.4 Å². The number of nitrogens with two attached hydrogens (primary N) is 1. The number of imidazole rings is 1. The van der Waals surface area contributed by atoms with Crippen LogP contribution in [0.4, 0.5) is 16.3 Å². The van der Waals surface area contributed by atoms with Crippen LogP contribution in [-0.2, 0) is 16.0 Å². The van der Waals surface area contributed by atoms with Gasteiger partial charge in [0.2, 0.25) is 0 Å². The van der Waals surface area contributed by atoms with Gasteiger partial charge in [0.15, 0.2) is 23.8 Å². The zero-order chi connectivity index (χ0) is 29.8. The second kappa shape index (κ2) is 12.9. The van der Waals surface area contributed by atoms with E-state index < -0.39 is 36.5 Å². The Morgan fingerprint density at radius 3 is 2.57 bits per heavy atom. The van der Waals surface area contributed by atoms with E-state index in [1.54, 1.807) is 36.1 Å². The van der Waals surface area contributed by atoms with Gasteiger partial charge >= 0.3 is 6.09 Å². The second-order valence-electron chi connectivity index (χ2n) is 10.5. The number of aromatic nitrogens is 4. The van der Waals surface area contributed by atoms with Crippen LogP contribution in [0.1, 0.15) is 44.7 Å². The lowest BCUT2D eigenvalue weighted by Crippen LogP contribution is -2.42. The Labute approximate surface area is 241 Å². The number of aliphatic hydroxyl groups is 2. The van der Waals surface area contributed by atoms with E-state index in [9.17, 15) is 19.8 Å². The number of ether oxygens (including phenoxy) is 2. The maximum Gasteiger partial charge on any atom is 0.415 e. The van der Waals surface area contributed by atoms with Crippen LogP contribution in [0, 0.1) is 5.92 Å². The quantitative estimate of drug-likeness (QED) is 0.196. The standard InChI is InChI=1S/C27H36N8O7/c1-2-29-25(38)22-20(36)21(37)26(42-22)35-14-30-19-23(28)31-18(32-24(19)35)5-3-4-15-10-12-34(13-11-15)27(39)41-17-8-6-16(33-40)7-9-17/h6-9,14-15,20-22,26,33,36-37,40H,2-5,10-13H2,1H3,(H,29,38)(H2,28,31,32)/t20-,21+,22-,26+/m0/s1. The number of anilines is 2. The summed E-state index contributed by atoms with van der Waals surface area (Å²) >= 11 is 0. The van der Waals surface area contributed by atoms with E-state index in [2.05, 4.69) is 20.3 Å². The molecule has 0 spiro atoms. The van der Waals surface area contributed by atoms with Crippen molar-refractivity contribution in [1.82, 2.24) is 29.7 Å². The molecule has 2 saturated heterocycles. The predicted molar refractivity (Wildman–Crippen MR) is 149 cm³/mol. The summed E-state index contributed by atoms with van der Waals surface area (Å²) in [5.74, 6) is 1.03. The molecule has 2 amide bonds. The molecule has 0 aliphatic carbocycles. The van der Waals surface area contributed by atoms with E-state index >= 15 is 0 Å². The molecule has 0 unspecified atom stereocenters. The number of hydrogen-bond donors (Lipinski definition) is 6. The number of rotatable bonds is 9. The molecule has 4 atom stereocenters. The van der Waals surface area contributed by atoms with Crippen LogP contribution in [0.15, 0.2) is 30.6 Å². The van der Waals surface area contributed by atoms with Gasteiger partial charge in [0.1, 0.15) is 29.3 Å². The van der Waals surface area contributed by atoms with Gasteiger partial charge in [0.05, 0.1) is 12.0 Å². The van der Waals surface area contributed by atoms with Gasteiger partial charge in [-0.15, -0.1) is 0 Å². The van der Waals surface area contributed by atoms with Crippen LogP contribution < -0.4 is 21.3 Å². The highest BCUT2D eigenvalue weighted by molar-refractivity contribution is 5.83. The molecule has 1 aromatic carbocycles. The summed E-state index contributed by atoms with van der Waals surface area (Å²) in [5, 5.41) is 32.5. The first-order valence-electron chi connectivity index (χ1n) is 14.0. The molecule has 15 heteroatoms. The van der Waals surface area contributed by atoms with Crippen molar-refractivity contribution in [2.24, 2.45) is 5.92 Å². The molecule has 0 bridgehead atoms. The van der Waals surface area contributed by atoms with Crippen LogP contribution in [0.3, 0.4) is 0 Å². The summed E-state index contributed by atoms with van der Waals surface area (Å²) in [7, 11) is 0. The lowest BCUT2D eigenvalue weighted by molar-refractivity contribution is -0.137. The summed E-state index contributed by atoms with van der Waals surface area (Å²) in [6.07, 6.45) is -0.0998. The molecule has 2 aliphatic rings. The number of carbonyl (C=O) groups excluding carboxylic acids is 2. The van der Waals surface area contributed by atoms with Crippen molar-refractivity contribution in [3.8, 4) is 5.75 Å². The van der Waals surface area contributed by atoms with Crippen molar-refractivity contribution in [3.05, 3.63) is 36.4 Å². The van der Waals surface area contributed by atoms with E-state index in [1.165, 1.54) is 10.9 Å². The normalized spacial score (nSPS) is 22.8. The van der Waals surface area contributed by atoms with Crippen molar-refractivity contribution >= 4 is 34.7 Å². The van der Waals surface area contributed by atoms with Gasteiger partial charge in [-0.3, -0.25) is 20.0 Å². The Hall–Kier alpha value is -4.05. The fourth-order valence-corrected chi connectivity index (χ4v) is 5.38. The first kappa shape index (κ1) is 29.4. The molecule has 226 valence electrons. The first-order valence-corrected chi connectivity index (χ1v) is 14.0. The lowest BCUT2D eigenvalue weighted by Gasteiger charge is -2.31. The molecule has 5 rings (SSSR count). The average Bonchev–Trinajstić information content (AvgIpc) is 3.54. The number of fused-ring (bicyclic) bond motifs is 1. The zero-order valence-electron chi connectivity index (χ0n) is 23.2. The van der Waals surface area contributed by atoms with Gasteiger partial charge in [0.25, 0.3) is 5.91 Å². The molecular weight excluding hydrogens is 548 g/mol. The van der Waals surface area contributed by atoms with Crippen LogP contribution in [0.25, 0.3) is 11.2 Å². The Balaban J connectivity index is 1.14. The van der Waals surface area contributed by atoms with E-state index in [-0.39, 0.29) is 5.82 Å². The van der Waals surface area contributed by atoms with Gasteiger partial charge in [0, 0.05) is 26.1 Å².